The molecule has 2 unspecified atom stereocenters. The molecule has 1 aliphatic carbocycles. The molecular weight excluding hydrogens is 348 g/mol. The largest absolute Gasteiger partial charge is 0.352 e. The fourth-order valence-corrected chi connectivity index (χ4v) is 4.50. The van der Waals surface area contributed by atoms with Gasteiger partial charge in [-0.05, 0) is 55.7 Å². The first-order valence-corrected chi connectivity index (χ1v) is 10.3. The minimum atomic E-state index is 0.00179. The summed E-state index contributed by atoms with van der Waals surface area (Å²) >= 11 is 5.86. The zero-order chi connectivity index (χ0) is 18.4. The Labute approximate surface area is 161 Å². The summed E-state index contributed by atoms with van der Waals surface area (Å²) in [6, 6.07) is 7.91. The number of piperidine rings is 1. The number of carbonyl (C=O) groups excluding carboxylic acids is 2. The Morgan fingerprint density at radius 3 is 2.58 bits per heavy atom. The maximum Gasteiger partial charge on any atom is 0.222 e. The van der Waals surface area contributed by atoms with Gasteiger partial charge in [0.1, 0.15) is 0 Å². The van der Waals surface area contributed by atoms with Crippen molar-refractivity contribution in [2.75, 3.05) is 6.54 Å². The fraction of sp³-hybridized carbons (Fsp3) is 0.619. The van der Waals surface area contributed by atoms with E-state index in [0.717, 1.165) is 24.9 Å². The second-order valence-corrected chi connectivity index (χ2v) is 8.03. The van der Waals surface area contributed by atoms with Crippen LogP contribution >= 0.6 is 11.6 Å². The van der Waals surface area contributed by atoms with Crippen LogP contribution in [0.2, 0.25) is 5.02 Å². The van der Waals surface area contributed by atoms with Gasteiger partial charge in [0.25, 0.3) is 0 Å². The molecule has 26 heavy (non-hydrogen) atoms. The van der Waals surface area contributed by atoms with Crippen molar-refractivity contribution >= 4 is 23.4 Å². The number of nitrogens with one attached hydrogen (secondary N) is 1. The minimum Gasteiger partial charge on any atom is -0.352 e. The van der Waals surface area contributed by atoms with Crippen molar-refractivity contribution in [3.8, 4) is 0 Å². The Hall–Kier alpha value is -1.55. The van der Waals surface area contributed by atoms with Gasteiger partial charge in [0.2, 0.25) is 11.8 Å². The molecule has 2 atom stereocenters. The van der Waals surface area contributed by atoms with E-state index >= 15 is 0 Å². The Morgan fingerprint density at radius 2 is 1.77 bits per heavy atom. The molecule has 1 heterocycles. The van der Waals surface area contributed by atoms with Crippen molar-refractivity contribution in [1.29, 1.82) is 0 Å². The highest BCUT2D eigenvalue weighted by Gasteiger charge is 2.35. The van der Waals surface area contributed by atoms with Gasteiger partial charge in [0.15, 0.2) is 0 Å². The van der Waals surface area contributed by atoms with Crippen LogP contribution in [0.25, 0.3) is 0 Å². The van der Waals surface area contributed by atoms with Gasteiger partial charge in [-0.1, -0.05) is 36.6 Å². The molecular formula is C21H29ClN2O2. The van der Waals surface area contributed by atoms with E-state index in [0.29, 0.717) is 42.8 Å². The molecule has 4 nitrogen and oxygen atoms in total. The number of likely N-dealkylation sites (tertiary alicyclic amines) is 1. The van der Waals surface area contributed by atoms with E-state index in [-0.39, 0.29) is 11.8 Å². The molecule has 0 spiro atoms. The number of nitrogens with zero attached hydrogens (tertiary/aromatic N) is 1. The first kappa shape index (κ1) is 19.2. The summed E-state index contributed by atoms with van der Waals surface area (Å²) in [5, 5.41) is 3.60. The topological polar surface area (TPSA) is 49.4 Å². The van der Waals surface area contributed by atoms with E-state index in [1.165, 1.54) is 25.7 Å². The van der Waals surface area contributed by atoms with Gasteiger partial charge in [0, 0.05) is 37.0 Å². The summed E-state index contributed by atoms with van der Waals surface area (Å²) in [7, 11) is 0. The summed E-state index contributed by atoms with van der Waals surface area (Å²) in [6.07, 6.45) is 8.93. The first-order valence-electron chi connectivity index (χ1n) is 9.94. The molecule has 1 saturated carbocycles. The molecule has 1 N–H and O–H groups in total. The van der Waals surface area contributed by atoms with Crippen molar-refractivity contribution in [3.63, 3.8) is 0 Å². The SMILES string of the molecule is O=C(CCCC(=O)N1CCCC2CCCCC21)NCc1ccc(Cl)cc1. The van der Waals surface area contributed by atoms with E-state index in [2.05, 4.69) is 10.2 Å². The second-order valence-electron chi connectivity index (χ2n) is 7.60. The molecule has 5 heteroatoms. The lowest BCUT2D eigenvalue weighted by Crippen LogP contribution is -2.49. The van der Waals surface area contributed by atoms with Crippen molar-refractivity contribution in [1.82, 2.24) is 10.2 Å². The lowest BCUT2D eigenvalue weighted by molar-refractivity contribution is -0.137. The molecule has 2 fully saturated rings. The van der Waals surface area contributed by atoms with Gasteiger partial charge < -0.3 is 10.2 Å². The number of benzene rings is 1. The van der Waals surface area contributed by atoms with Crippen LogP contribution in [-0.2, 0) is 16.1 Å². The molecule has 0 aromatic heterocycles. The van der Waals surface area contributed by atoms with Gasteiger partial charge in [0.05, 0.1) is 0 Å². The van der Waals surface area contributed by atoms with Crippen LogP contribution in [-0.4, -0.2) is 29.3 Å². The fourth-order valence-electron chi connectivity index (χ4n) is 4.37. The summed E-state index contributed by atoms with van der Waals surface area (Å²) in [4.78, 5) is 26.8. The lowest BCUT2D eigenvalue weighted by Gasteiger charge is -2.44. The number of hydrogen-bond donors (Lipinski definition) is 1. The van der Waals surface area contributed by atoms with Crippen LogP contribution in [0.1, 0.15) is 63.4 Å². The monoisotopic (exact) mass is 376 g/mol. The van der Waals surface area contributed by atoms with E-state index in [1.54, 1.807) is 0 Å². The molecule has 2 amide bonds. The Kier molecular flexibility index (Phi) is 6.95. The summed E-state index contributed by atoms with van der Waals surface area (Å²) < 4.78 is 0. The van der Waals surface area contributed by atoms with Gasteiger partial charge in [-0.3, -0.25) is 9.59 Å². The van der Waals surface area contributed by atoms with Gasteiger partial charge in [-0.15, -0.1) is 0 Å². The average molecular weight is 377 g/mol. The van der Waals surface area contributed by atoms with E-state index < -0.39 is 0 Å². The molecule has 2 aliphatic rings. The van der Waals surface area contributed by atoms with Crippen LogP contribution < -0.4 is 5.32 Å². The smallest absolute Gasteiger partial charge is 0.222 e. The third-order valence-corrected chi connectivity index (χ3v) is 6.01. The maximum absolute atomic E-state index is 12.6. The van der Waals surface area contributed by atoms with Gasteiger partial charge in [-0.25, -0.2) is 0 Å². The summed E-state index contributed by atoms with van der Waals surface area (Å²) in [5.74, 6) is 0.957. The second kappa shape index (κ2) is 9.40. The van der Waals surface area contributed by atoms with E-state index in [4.69, 9.17) is 11.6 Å². The van der Waals surface area contributed by atoms with Gasteiger partial charge in [-0.2, -0.15) is 0 Å². The van der Waals surface area contributed by atoms with E-state index in [1.807, 2.05) is 24.3 Å². The molecule has 1 saturated heterocycles. The third kappa shape index (κ3) is 5.23. The Balaban J connectivity index is 1.37. The van der Waals surface area contributed by atoms with E-state index in [9.17, 15) is 9.59 Å². The number of hydrogen-bond acceptors (Lipinski definition) is 2. The normalized spacial score (nSPS) is 22.6. The Morgan fingerprint density at radius 1 is 1.04 bits per heavy atom. The highest BCUT2D eigenvalue weighted by molar-refractivity contribution is 6.30. The third-order valence-electron chi connectivity index (χ3n) is 5.76. The number of halogens is 1. The standard InChI is InChI=1S/C21H29ClN2O2/c22-18-12-10-16(11-13-18)15-23-20(25)8-3-9-21(26)24-14-4-6-17-5-1-2-7-19(17)24/h10-13,17,19H,1-9,14-15H2,(H,23,25). The molecule has 3 rings (SSSR count). The molecule has 142 valence electrons. The Bertz CT molecular complexity index is 615. The number of fused-ring (bicyclic) bond motifs is 1. The van der Waals surface area contributed by atoms with Crippen molar-refractivity contribution in [2.24, 2.45) is 5.92 Å². The maximum atomic E-state index is 12.6. The van der Waals surface area contributed by atoms with Crippen molar-refractivity contribution < 1.29 is 9.59 Å². The minimum absolute atomic E-state index is 0.00179. The predicted molar refractivity (Wildman–Crippen MR) is 104 cm³/mol. The zero-order valence-corrected chi connectivity index (χ0v) is 16.1. The van der Waals surface area contributed by atoms with Gasteiger partial charge >= 0.3 is 0 Å². The van der Waals surface area contributed by atoms with Crippen molar-refractivity contribution in [2.45, 2.75) is 70.4 Å². The van der Waals surface area contributed by atoms with Crippen LogP contribution in [0.3, 0.4) is 0 Å². The molecule has 1 aromatic rings. The average Bonchev–Trinajstić information content (AvgIpc) is 2.67. The van der Waals surface area contributed by atoms with Crippen LogP contribution in [0.15, 0.2) is 24.3 Å². The predicted octanol–water partition coefficient (Wildman–Crippen LogP) is 4.31. The van der Waals surface area contributed by atoms with Crippen molar-refractivity contribution in [3.05, 3.63) is 34.9 Å². The molecule has 1 aromatic carbocycles. The summed E-state index contributed by atoms with van der Waals surface area (Å²) in [6.45, 7) is 1.41. The van der Waals surface area contributed by atoms with Crippen LogP contribution in [0.5, 0.6) is 0 Å². The zero-order valence-electron chi connectivity index (χ0n) is 15.4. The number of amides is 2. The highest BCUT2D eigenvalue weighted by atomic mass is 35.5. The molecule has 1 aliphatic heterocycles. The number of carbonyl (C=O) groups is 2. The molecule has 0 radical (unpaired) electrons. The number of rotatable bonds is 6. The first-order chi connectivity index (χ1) is 12.6. The van der Waals surface area contributed by atoms with Crippen LogP contribution in [0, 0.1) is 5.92 Å². The van der Waals surface area contributed by atoms with Crippen LogP contribution in [0.4, 0.5) is 0 Å². The quantitative estimate of drug-likeness (QED) is 0.804. The summed E-state index contributed by atoms with van der Waals surface area (Å²) in [5.41, 5.74) is 1.02. The molecule has 0 bridgehead atoms. The lowest BCUT2D eigenvalue weighted by atomic mass is 9.78. The highest BCUT2D eigenvalue weighted by Crippen LogP contribution is 2.35.